The number of carbonyl (C=O) groups is 1. The molecule has 1 N–H and O–H groups in total. The van der Waals surface area contributed by atoms with Crippen molar-refractivity contribution in [2.45, 2.75) is 12.0 Å². The summed E-state index contributed by atoms with van der Waals surface area (Å²) >= 11 is 0. The molecule has 0 spiro atoms. The van der Waals surface area contributed by atoms with Gasteiger partial charge in [0.1, 0.15) is 11.9 Å². The Hall–Kier alpha value is -2.57. The first-order valence-corrected chi connectivity index (χ1v) is 6.54. The van der Waals surface area contributed by atoms with Crippen LogP contribution in [0, 0.1) is 12.3 Å². The van der Waals surface area contributed by atoms with Gasteiger partial charge in [-0.15, -0.1) is 6.42 Å². The van der Waals surface area contributed by atoms with E-state index in [2.05, 4.69) is 5.92 Å². The molecule has 21 heavy (non-hydrogen) atoms. The van der Waals surface area contributed by atoms with Crippen LogP contribution in [0.1, 0.15) is 21.8 Å². The van der Waals surface area contributed by atoms with E-state index in [0.717, 1.165) is 5.56 Å². The smallest absolute Gasteiger partial charge is 0.192 e. The molecule has 3 heteroatoms. The zero-order valence-electron chi connectivity index (χ0n) is 11.7. The number of rotatable bonds is 5. The van der Waals surface area contributed by atoms with Crippen LogP contribution in [0.4, 0.5) is 0 Å². The highest BCUT2D eigenvalue weighted by atomic mass is 16.5. The average Bonchev–Trinajstić information content (AvgIpc) is 2.56. The number of benzene rings is 2. The topological polar surface area (TPSA) is 46.5 Å². The minimum Gasteiger partial charge on any atom is -0.497 e. The number of ether oxygens (including phenoxy) is 1. The van der Waals surface area contributed by atoms with Crippen LogP contribution < -0.4 is 4.74 Å². The van der Waals surface area contributed by atoms with E-state index in [1.165, 1.54) is 0 Å². The summed E-state index contributed by atoms with van der Waals surface area (Å²) in [4.78, 5) is 12.3. The van der Waals surface area contributed by atoms with Crippen LogP contribution in [0.25, 0.3) is 0 Å². The molecule has 0 amide bonds. The maximum atomic E-state index is 12.3. The molecule has 2 aromatic rings. The van der Waals surface area contributed by atoms with Gasteiger partial charge < -0.3 is 9.84 Å². The molecule has 0 radical (unpaired) electrons. The Bertz CT molecular complexity index is 638. The summed E-state index contributed by atoms with van der Waals surface area (Å²) in [6.45, 7) is 0. The Balaban J connectivity index is 2.23. The molecule has 0 aliphatic heterocycles. The molecule has 0 saturated carbocycles. The van der Waals surface area contributed by atoms with Crippen LogP contribution in [0.2, 0.25) is 0 Å². The van der Waals surface area contributed by atoms with Crippen molar-refractivity contribution >= 4 is 5.78 Å². The summed E-state index contributed by atoms with van der Waals surface area (Å²) in [7, 11) is 1.55. The summed E-state index contributed by atoms with van der Waals surface area (Å²) in [5.41, 5.74) is 1.15. The quantitative estimate of drug-likeness (QED) is 0.676. The molecule has 0 saturated heterocycles. The minimum atomic E-state index is -1.27. The van der Waals surface area contributed by atoms with E-state index in [1.807, 2.05) is 18.2 Å². The molecule has 0 aliphatic carbocycles. The molecule has 2 rings (SSSR count). The summed E-state index contributed by atoms with van der Waals surface area (Å²) < 4.78 is 5.04. The molecule has 2 atom stereocenters. The van der Waals surface area contributed by atoms with Gasteiger partial charge in [0.15, 0.2) is 5.78 Å². The molecule has 0 bridgehead atoms. The average molecular weight is 280 g/mol. The molecule has 3 nitrogen and oxygen atoms in total. The number of terminal acetylenes is 1. The van der Waals surface area contributed by atoms with Crippen LogP contribution in [0.3, 0.4) is 0 Å². The first-order chi connectivity index (χ1) is 10.2. The third kappa shape index (κ3) is 3.31. The van der Waals surface area contributed by atoms with Gasteiger partial charge >= 0.3 is 0 Å². The van der Waals surface area contributed by atoms with Gasteiger partial charge in [0, 0.05) is 5.56 Å². The van der Waals surface area contributed by atoms with Crippen molar-refractivity contribution in [2.24, 2.45) is 0 Å². The number of carbonyl (C=O) groups excluding carboxylic acids is 1. The highest BCUT2D eigenvalue weighted by Crippen LogP contribution is 2.22. The lowest BCUT2D eigenvalue weighted by atomic mass is 9.89. The first kappa shape index (κ1) is 14.8. The fourth-order valence-corrected chi connectivity index (χ4v) is 2.11. The fraction of sp³-hybridized carbons (Fsp3) is 0.167. The fourth-order valence-electron chi connectivity index (χ4n) is 2.11. The predicted molar refractivity (Wildman–Crippen MR) is 81.3 cm³/mol. The Morgan fingerprint density at radius 1 is 1.14 bits per heavy atom. The lowest BCUT2D eigenvalue weighted by molar-refractivity contribution is 0.0725. The minimum absolute atomic E-state index is 0.399. The van der Waals surface area contributed by atoms with Gasteiger partial charge in [-0.3, -0.25) is 4.79 Å². The number of Topliss-reactive ketones (excluding diaryl/α,β-unsaturated/α-hetero) is 1. The van der Waals surface area contributed by atoms with Crippen molar-refractivity contribution in [3.8, 4) is 18.1 Å². The van der Waals surface area contributed by atoms with Crippen molar-refractivity contribution < 1.29 is 14.6 Å². The number of hydrogen-bond acceptors (Lipinski definition) is 3. The maximum Gasteiger partial charge on any atom is 0.192 e. The van der Waals surface area contributed by atoms with Gasteiger partial charge in [0.25, 0.3) is 0 Å². The Morgan fingerprint density at radius 2 is 1.76 bits per heavy atom. The third-order valence-corrected chi connectivity index (χ3v) is 3.30. The molecule has 2 aromatic carbocycles. The normalized spacial score (nSPS) is 13.0. The SMILES string of the molecule is C#C[C@@H](c1ccccc1)[C@H](O)C(=O)c1ccc(OC)cc1. The van der Waals surface area contributed by atoms with E-state index in [-0.39, 0.29) is 0 Å². The van der Waals surface area contributed by atoms with E-state index < -0.39 is 17.8 Å². The highest BCUT2D eigenvalue weighted by molar-refractivity contribution is 6.00. The summed E-state index contributed by atoms with van der Waals surface area (Å²) in [5.74, 6) is 2.08. The highest BCUT2D eigenvalue weighted by Gasteiger charge is 2.26. The van der Waals surface area contributed by atoms with Crippen molar-refractivity contribution in [3.05, 3.63) is 65.7 Å². The van der Waals surface area contributed by atoms with E-state index in [4.69, 9.17) is 11.2 Å². The Morgan fingerprint density at radius 3 is 2.29 bits per heavy atom. The standard InChI is InChI=1S/C18H16O3/c1-3-16(13-7-5-4-6-8-13)18(20)17(19)14-9-11-15(21-2)12-10-14/h1,4-12,16,18,20H,2H3/t16-,18-/m0/s1. The second-order valence-corrected chi connectivity index (χ2v) is 4.59. The number of aliphatic hydroxyl groups excluding tert-OH is 1. The van der Waals surface area contributed by atoms with Crippen molar-refractivity contribution in [2.75, 3.05) is 7.11 Å². The zero-order chi connectivity index (χ0) is 15.2. The summed E-state index contributed by atoms with van der Waals surface area (Å²) in [5, 5.41) is 10.3. The first-order valence-electron chi connectivity index (χ1n) is 6.54. The molecular formula is C18H16O3. The van der Waals surface area contributed by atoms with Gasteiger partial charge in [-0.25, -0.2) is 0 Å². The molecular weight excluding hydrogens is 264 g/mol. The van der Waals surface area contributed by atoms with Crippen molar-refractivity contribution in [3.63, 3.8) is 0 Å². The monoisotopic (exact) mass is 280 g/mol. The van der Waals surface area contributed by atoms with Crippen LogP contribution in [0.5, 0.6) is 5.75 Å². The number of methoxy groups -OCH3 is 1. The summed E-state index contributed by atoms with van der Waals surface area (Å²) in [6.07, 6.45) is 4.21. The maximum absolute atomic E-state index is 12.3. The van der Waals surface area contributed by atoms with Gasteiger partial charge in [0.2, 0.25) is 0 Å². The summed E-state index contributed by atoms with van der Waals surface area (Å²) in [6, 6.07) is 15.7. The lowest BCUT2D eigenvalue weighted by Gasteiger charge is -2.17. The van der Waals surface area contributed by atoms with Crippen LogP contribution in [-0.2, 0) is 0 Å². The van der Waals surface area contributed by atoms with Gasteiger partial charge in [-0.2, -0.15) is 0 Å². The van der Waals surface area contributed by atoms with Crippen LogP contribution in [0.15, 0.2) is 54.6 Å². The van der Waals surface area contributed by atoms with Crippen LogP contribution >= 0.6 is 0 Å². The molecule has 0 aliphatic rings. The second kappa shape index (κ2) is 6.74. The predicted octanol–water partition coefficient (Wildman–Crippen LogP) is 2.66. The lowest BCUT2D eigenvalue weighted by Crippen LogP contribution is -2.27. The largest absolute Gasteiger partial charge is 0.497 e. The van der Waals surface area contributed by atoms with E-state index in [9.17, 15) is 9.90 Å². The van der Waals surface area contributed by atoms with Crippen LogP contribution in [-0.4, -0.2) is 24.1 Å². The number of aliphatic hydroxyl groups is 1. The molecule has 106 valence electrons. The van der Waals surface area contributed by atoms with Gasteiger partial charge in [-0.05, 0) is 29.8 Å². The number of ketones is 1. The van der Waals surface area contributed by atoms with E-state index in [1.54, 1.807) is 43.5 Å². The molecule has 0 aromatic heterocycles. The second-order valence-electron chi connectivity index (χ2n) is 4.59. The number of hydrogen-bond donors (Lipinski definition) is 1. The Kier molecular flexibility index (Phi) is 4.76. The van der Waals surface area contributed by atoms with Gasteiger partial charge in [0.05, 0.1) is 13.0 Å². The van der Waals surface area contributed by atoms with Crippen molar-refractivity contribution in [1.29, 1.82) is 0 Å². The van der Waals surface area contributed by atoms with E-state index >= 15 is 0 Å². The molecule has 0 unspecified atom stereocenters. The Labute approximate surface area is 124 Å². The molecule has 0 heterocycles. The third-order valence-electron chi connectivity index (χ3n) is 3.30. The zero-order valence-corrected chi connectivity index (χ0v) is 11.7. The van der Waals surface area contributed by atoms with Crippen molar-refractivity contribution in [1.82, 2.24) is 0 Å². The van der Waals surface area contributed by atoms with Gasteiger partial charge in [-0.1, -0.05) is 36.3 Å². The molecule has 0 fully saturated rings. The van der Waals surface area contributed by atoms with E-state index in [0.29, 0.717) is 11.3 Å².